The second kappa shape index (κ2) is 5.48. The SMILES string of the molecule is CC(Nc1ccc(S(N)(=O)=O)cn1)c1cccc(N)c1. The summed E-state index contributed by atoms with van der Waals surface area (Å²) in [6.07, 6.45) is 1.23. The van der Waals surface area contributed by atoms with E-state index in [1.54, 1.807) is 6.07 Å². The quantitative estimate of drug-likeness (QED) is 0.739. The van der Waals surface area contributed by atoms with E-state index >= 15 is 0 Å². The summed E-state index contributed by atoms with van der Waals surface area (Å²) in [5, 5.41) is 8.18. The first-order valence-electron chi connectivity index (χ1n) is 5.97. The lowest BCUT2D eigenvalue weighted by Gasteiger charge is -2.15. The molecule has 0 fully saturated rings. The van der Waals surface area contributed by atoms with Gasteiger partial charge in [0.1, 0.15) is 10.7 Å². The molecule has 1 aromatic carbocycles. The molecule has 0 spiro atoms. The molecule has 7 heteroatoms. The largest absolute Gasteiger partial charge is 0.399 e. The molecule has 5 N–H and O–H groups in total. The lowest BCUT2D eigenvalue weighted by Crippen LogP contribution is -2.13. The first-order chi connectivity index (χ1) is 9.36. The van der Waals surface area contributed by atoms with Crippen molar-refractivity contribution in [3.8, 4) is 0 Å². The molecule has 1 atom stereocenters. The third-order valence-electron chi connectivity index (χ3n) is 2.84. The molecule has 2 aromatic rings. The van der Waals surface area contributed by atoms with E-state index in [9.17, 15) is 8.42 Å². The standard InChI is InChI=1S/C13H16N4O2S/c1-9(10-3-2-4-11(14)7-10)17-13-6-5-12(8-16-13)20(15,18)19/h2-9H,14H2,1H3,(H,16,17)(H2,15,18,19). The van der Waals surface area contributed by atoms with Crippen LogP contribution in [0.1, 0.15) is 18.5 Å². The van der Waals surface area contributed by atoms with E-state index in [2.05, 4.69) is 10.3 Å². The van der Waals surface area contributed by atoms with Gasteiger partial charge in [0.15, 0.2) is 0 Å². The molecule has 0 saturated heterocycles. The maximum atomic E-state index is 11.1. The molecule has 0 radical (unpaired) electrons. The number of hydrogen-bond donors (Lipinski definition) is 3. The highest BCUT2D eigenvalue weighted by Gasteiger charge is 2.10. The number of nitrogens with one attached hydrogen (secondary N) is 1. The zero-order valence-corrected chi connectivity index (χ0v) is 11.8. The maximum Gasteiger partial charge on any atom is 0.239 e. The minimum Gasteiger partial charge on any atom is -0.399 e. The molecule has 2 rings (SSSR count). The predicted molar refractivity (Wildman–Crippen MR) is 78.5 cm³/mol. The number of nitrogens with two attached hydrogens (primary N) is 2. The van der Waals surface area contributed by atoms with Crippen molar-refractivity contribution in [1.82, 2.24) is 4.98 Å². The van der Waals surface area contributed by atoms with E-state index in [0.717, 1.165) is 5.56 Å². The highest BCUT2D eigenvalue weighted by Crippen LogP contribution is 2.20. The minimum atomic E-state index is -3.71. The first kappa shape index (κ1) is 14.3. The average molecular weight is 292 g/mol. The lowest BCUT2D eigenvalue weighted by molar-refractivity contribution is 0.597. The van der Waals surface area contributed by atoms with E-state index in [-0.39, 0.29) is 10.9 Å². The van der Waals surface area contributed by atoms with Crippen molar-refractivity contribution in [2.75, 3.05) is 11.1 Å². The Morgan fingerprint density at radius 1 is 1.25 bits per heavy atom. The van der Waals surface area contributed by atoms with Crippen molar-refractivity contribution in [3.05, 3.63) is 48.2 Å². The van der Waals surface area contributed by atoms with E-state index in [4.69, 9.17) is 10.9 Å². The Morgan fingerprint density at radius 3 is 2.55 bits per heavy atom. The predicted octanol–water partition coefficient (Wildman–Crippen LogP) is 1.48. The second-order valence-electron chi connectivity index (χ2n) is 4.46. The van der Waals surface area contributed by atoms with Crippen LogP contribution in [-0.4, -0.2) is 13.4 Å². The molecule has 1 unspecified atom stereocenters. The topological polar surface area (TPSA) is 111 Å². The van der Waals surface area contributed by atoms with Crippen molar-refractivity contribution < 1.29 is 8.42 Å². The van der Waals surface area contributed by atoms with Gasteiger partial charge in [-0.2, -0.15) is 0 Å². The molecule has 6 nitrogen and oxygen atoms in total. The maximum absolute atomic E-state index is 11.1. The lowest BCUT2D eigenvalue weighted by atomic mass is 10.1. The monoisotopic (exact) mass is 292 g/mol. The molecule has 106 valence electrons. The van der Waals surface area contributed by atoms with Crippen molar-refractivity contribution in [3.63, 3.8) is 0 Å². The fourth-order valence-corrected chi connectivity index (χ4v) is 2.22. The number of benzene rings is 1. The molecule has 1 heterocycles. The van der Waals surface area contributed by atoms with Crippen LogP contribution in [0.4, 0.5) is 11.5 Å². The fourth-order valence-electron chi connectivity index (χ4n) is 1.77. The summed E-state index contributed by atoms with van der Waals surface area (Å²) in [4.78, 5) is 4.02. The van der Waals surface area contributed by atoms with Crippen LogP contribution in [0, 0.1) is 0 Å². The second-order valence-corrected chi connectivity index (χ2v) is 6.02. The summed E-state index contributed by atoms with van der Waals surface area (Å²) in [6.45, 7) is 1.96. The van der Waals surface area contributed by atoms with Gasteiger partial charge >= 0.3 is 0 Å². The normalized spacial score (nSPS) is 12.9. The van der Waals surface area contributed by atoms with Crippen LogP contribution >= 0.6 is 0 Å². The Hall–Kier alpha value is -2.12. The fraction of sp³-hybridized carbons (Fsp3) is 0.154. The molecule has 0 aliphatic heterocycles. The molecule has 20 heavy (non-hydrogen) atoms. The number of pyridine rings is 1. The molecule has 0 aliphatic carbocycles. The third kappa shape index (κ3) is 3.46. The summed E-state index contributed by atoms with van der Waals surface area (Å²) in [6, 6.07) is 10.5. The number of primary sulfonamides is 1. The van der Waals surface area contributed by atoms with Gasteiger partial charge in [-0.05, 0) is 36.8 Å². The van der Waals surface area contributed by atoms with Crippen LogP contribution in [0.3, 0.4) is 0 Å². The summed E-state index contributed by atoms with van der Waals surface area (Å²) >= 11 is 0. The van der Waals surface area contributed by atoms with Crippen LogP contribution < -0.4 is 16.2 Å². The number of rotatable bonds is 4. The smallest absolute Gasteiger partial charge is 0.239 e. The summed E-state index contributed by atoms with van der Waals surface area (Å²) < 4.78 is 22.3. The molecule has 0 bridgehead atoms. The van der Waals surface area contributed by atoms with Crippen LogP contribution in [-0.2, 0) is 10.0 Å². The highest BCUT2D eigenvalue weighted by molar-refractivity contribution is 7.89. The Balaban J connectivity index is 2.14. The van der Waals surface area contributed by atoms with Gasteiger partial charge < -0.3 is 11.1 Å². The van der Waals surface area contributed by atoms with E-state index in [0.29, 0.717) is 11.5 Å². The summed E-state index contributed by atoms with van der Waals surface area (Å²) in [5.74, 6) is 0.562. The number of nitrogen functional groups attached to an aromatic ring is 1. The van der Waals surface area contributed by atoms with E-state index < -0.39 is 10.0 Å². The number of nitrogens with zero attached hydrogens (tertiary/aromatic N) is 1. The number of hydrogen-bond acceptors (Lipinski definition) is 5. The molecular formula is C13H16N4O2S. The number of sulfonamides is 1. The van der Waals surface area contributed by atoms with Crippen molar-refractivity contribution >= 4 is 21.5 Å². The Labute approximate surface area is 117 Å². The van der Waals surface area contributed by atoms with Gasteiger partial charge in [0, 0.05) is 11.9 Å². The van der Waals surface area contributed by atoms with Gasteiger partial charge in [-0.15, -0.1) is 0 Å². The van der Waals surface area contributed by atoms with Gasteiger partial charge in [0.25, 0.3) is 0 Å². The van der Waals surface area contributed by atoms with Gasteiger partial charge in [-0.1, -0.05) is 12.1 Å². The van der Waals surface area contributed by atoms with Crippen LogP contribution in [0.2, 0.25) is 0 Å². The average Bonchev–Trinajstić information content (AvgIpc) is 2.38. The van der Waals surface area contributed by atoms with Crippen LogP contribution in [0.25, 0.3) is 0 Å². The van der Waals surface area contributed by atoms with Crippen molar-refractivity contribution in [2.24, 2.45) is 5.14 Å². The molecule has 0 saturated carbocycles. The zero-order valence-electron chi connectivity index (χ0n) is 10.9. The van der Waals surface area contributed by atoms with Gasteiger partial charge in [0.2, 0.25) is 10.0 Å². The van der Waals surface area contributed by atoms with Crippen molar-refractivity contribution in [1.29, 1.82) is 0 Å². The molecule has 0 amide bonds. The summed E-state index contributed by atoms with van der Waals surface area (Å²) in [5.41, 5.74) is 7.44. The zero-order chi connectivity index (χ0) is 14.8. The van der Waals surface area contributed by atoms with E-state index in [1.165, 1.54) is 12.3 Å². The molecule has 0 aliphatic rings. The van der Waals surface area contributed by atoms with Crippen LogP contribution in [0.5, 0.6) is 0 Å². The van der Waals surface area contributed by atoms with Gasteiger partial charge in [-0.3, -0.25) is 0 Å². The number of anilines is 2. The Morgan fingerprint density at radius 2 is 2.00 bits per heavy atom. The first-order valence-corrected chi connectivity index (χ1v) is 7.52. The molecule has 1 aromatic heterocycles. The van der Waals surface area contributed by atoms with Crippen LogP contribution in [0.15, 0.2) is 47.5 Å². The Bertz CT molecular complexity index is 699. The summed E-state index contributed by atoms with van der Waals surface area (Å²) in [7, 11) is -3.71. The number of aromatic nitrogens is 1. The van der Waals surface area contributed by atoms with Crippen molar-refractivity contribution in [2.45, 2.75) is 17.9 Å². The Kier molecular flexibility index (Phi) is 3.91. The highest BCUT2D eigenvalue weighted by atomic mass is 32.2. The minimum absolute atomic E-state index is 0.00802. The third-order valence-corrected chi connectivity index (χ3v) is 3.74. The van der Waals surface area contributed by atoms with Gasteiger partial charge in [-0.25, -0.2) is 18.5 Å². The van der Waals surface area contributed by atoms with E-state index in [1.807, 2.05) is 31.2 Å². The van der Waals surface area contributed by atoms with Gasteiger partial charge in [0.05, 0.1) is 6.04 Å². The molecular weight excluding hydrogens is 276 g/mol.